The number of hydrogen-bond acceptors (Lipinski definition) is 7. The summed E-state index contributed by atoms with van der Waals surface area (Å²) in [5.74, 6) is 2.22. The first kappa shape index (κ1) is 26.6. The highest BCUT2D eigenvalue weighted by molar-refractivity contribution is 5.77. The number of carbonyl (C=O) groups excluding carboxylic acids is 1. The van der Waals surface area contributed by atoms with E-state index in [1.165, 1.54) is 5.56 Å². The molecular weight excluding hydrogens is 504 g/mol. The molecule has 2 fully saturated rings. The summed E-state index contributed by atoms with van der Waals surface area (Å²) in [6.45, 7) is 12.0. The lowest BCUT2D eigenvalue weighted by molar-refractivity contribution is 0.0276. The Kier molecular flexibility index (Phi) is 6.94. The molecule has 0 aliphatic carbocycles. The number of fused-ring (bicyclic) bond motifs is 2. The Labute approximate surface area is 236 Å². The molecule has 3 aromatic rings. The van der Waals surface area contributed by atoms with Crippen LogP contribution in [-0.4, -0.2) is 68.5 Å². The van der Waals surface area contributed by atoms with E-state index in [4.69, 9.17) is 9.47 Å². The highest BCUT2D eigenvalue weighted by Gasteiger charge is 2.35. The third-order valence-corrected chi connectivity index (χ3v) is 8.31. The molecule has 9 nitrogen and oxygen atoms in total. The SMILES string of the molecule is Cc1cc(C2CCN([C@H]3CCN(C(=O)OC(C)(C)C)C3)CC2)cc2c1OCc1c(-c3cnn(C)c3)ccnc1N2. The molecule has 0 bridgehead atoms. The fraction of sp³-hybridized carbons (Fsp3) is 0.516. The van der Waals surface area contributed by atoms with Gasteiger partial charge in [0.05, 0.1) is 11.9 Å². The molecule has 3 aliphatic rings. The zero-order chi connectivity index (χ0) is 28.0. The van der Waals surface area contributed by atoms with Gasteiger partial charge < -0.3 is 19.7 Å². The van der Waals surface area contributed by atoms with E-state index in [-0.39, 0.29) is 6.09 Å². The predicted molar refractivity (Wildman–Crippen MR) is 155 cm³/mol. The number of anilines is 2. The summed E-state index contributed by atoms with van der Waals surface area (Å²) < 4.78 is 13.8. The monoisotopic (exact) mass is 544 g/mol. The van der Waals surface area contributed by atoms with Crippen LogP contribution in [0.5, 0.6) is 5.75 Å². The molecule has 40 heavy (non-hydrogen) atoms. The summed E-state index contributed by atoms with van der Waals surface area (Å²) in [5, 5.41) is 7.95. The molecule has 6 rings (SSSR count). The van der Waals surface area contributed by atoms with Crippen molar-refractivity contribution in [1.29, 1.82) is 0 Å². The van der Waals surface area contributed by atoms with Crippen molar-refractivity contribution < 1.29 is 14.3 Å². The molecule has 1 aromatic carbocycles. The number of aromatic nitrogens is 3. The van der Waals surface area contributed by atoms with Gasteiger partial charge in [0.15, 0.2) is 0 Å². The molecular formula is C31H40N6O3. The first-order valence-corrected chi connectivity index (χ1v) is 14.4. The fourth-order valence-corrected chi connectivity index (χ4v) is 6.30. The number of amides is 1. The number of carbonyl (C=O) groups is 1. The Bertz CT molecular complexity index is 1400. The average Bonchev–Trinajstić information content (AvgIpc) is 3.53. The van der Waals surface area contributed by atoms with Gasteiger partial charge in [-0.2, -0.15) is 5.10 Å². The highest BCUT2D eigenvalue weighted by Crippen LogP contribution is 2.42. The van der Waals surface area contributed by atoms with Crippen LogP contribution in [0.3, 0.4) is 0 Å². The van der Waals surface area contributed by atoms with Crippen molar-refractivity contribution in [3.63, 3.8) is 0 Å². The van der Waals surface area contributed by atoms with Crippen LogP contribution < -0.4 is 10.1 Å². The molecule has 0 spiro atoms. The molecule has 0 unspecified atom stereocenters. The number of nitrogens with one attached hydrogen (secondary N) is 1. The molecule has 0 radical (unpaired) electrons. The maximum absolute atomic E-state index is 12.5. The summed E-state index contributed by atoms with van der Waals surface area (Å²) in [5.41, 5.74) is 6.19. The topological polar surface area (TPSA) is 84.8 Å². The van der Waals surface area contributed by atoms with Gasteiger partial charge in [0.1, 0.15) is 23.8 Å². The van der Waals surface area contributed by atoms with E-state index in [0.29, 0.717) is 18.6 Å². The van der Waals surface area contributed by atoms with Crippen LogP contribution >= 0.6 is 0 Å². The Morgan fingerprint density at radius 3 is 2.67 bits per heavy atom. The summed E-state index contributed by atoms with van der Waals surface area (Å²) in [6.07, 6.45) is 8.76. The minimum atomic E-state index is -0.459. The normalized spacial score (nSPS) is 19.8. The van der Waals surface area contributed by atoms with Gasteiger partial charge in [-0.1, -0.05) is 6.07 Å². The van der Waals surface area contributed by atoms with Gasteiger partial charge in [0.2, 0.25) is 0 Å². The molecule has 1 atom stereocenters. The van der Waals surface area contributed by atoms with Crippen molar-refractivity contribution in [3.8, 4) is 16.9 Å². The number of likely N-dealkylation sites (tertiary alicyclic amines) is 2. The van der Waals surface area contributed by atoms with E-state index in [1.807, 2.05) is 62.1 Å². The van der Waals surface area contributed by atoms with Gasteiger partial charge in [-0.05, 0) is 94.8 Å². The third-order valence-electron chi connectivity index (χ3n) is 8.31. The molecule has 3 aliphatic heterocycles. The van der Waals surface area contributed by atoms with E-state index < -0.39 is 5.60 Å². The van der Waals surface area contributed by atoms with Crippen molar-refractivity contribution in [3.05, 3.63) is 53.5 Å². The van der Waals surface area contributed by atoms with Gasteiger partial charge in [0.25, 0.3) is 0 Å². The van der Waals surface area contributed by atoms with Crippen LogP contribution in [0.4, 0.5) is 16.3 Å². The molecule has 2 saturated heterocycles. The third kappa shape index (κ3) is 5.39. The van der Waals surface area contributed by atoms with Gasteiger partial charge in [-0.15, -0.1) is 0 Å². The van der Waals surface area contributed by atoms with Crippen LogP contribution in [0.1, 0.15) is 62.6 Å². The molecule has 1 N–H and O–H groups in total. The van der Waals surface area contributed by atoms with E-state index in [2.05, 4.69) is 39.4 Å². The lowest BCUT2D eigenvalue weighted by Crippen LogP contribution is -2.43. The van der Waals surface area contributed by atoms with E-state index in [0.717, 1.165) is 85.0 Å². The molecule has 0 saturated carbocycles. The first-order valence-electron chi connectivity index (χ1n) is 14.4. The van der Waals surface area contributed by atoms with E-state index in [1.54, 1.807) is 0 Å². The standard InChI is InChI=1S/C31H40N6O3/c1-20-14-22(21-7-11-36(12-8-21)24-9-13-37(18-24)30(38)40-31(2,3)4)15-27-28(20)39-19-26-25(6-10-32-29(26)34-27)23-16-33-35(5)17-23/h6,10,14-17,21,24H,7-9,11-13,18-19H2,1-5H3,(H,32,34)/t24-/m0/s1. The lowest BCUT2D eigenvalue weighted by Gasteiger charge is -2.36. The molecule has 9 heteroatoms. The number of rotatable bonds is 3. The number of benzene rings is 1. The zero-order valence-electron chi connectivity index (χ0n) is 24.2. The summed E-state index contributed by atoms with van der Waals surface area (Å²) in [6, 6.07) is 7.00. The second kappa shape index (κ2) is 10.4. The van der Waals surface area contributed by atoms with Gasteiger partial charge in [-0.25, -0.2) is 9.78 Å². The maximum Gasteiger partial charge on any atom is 0.410 e. The second-order valence-electron chi connectivity index (χ2n) is 12.4. The second-order valence-corrected chi connectivity index (χ2v) is 12.4. The quantitative estimate of drug-likeness (QED) is 0.458. The Balaban J connectivity index is 1.13. The summed E-state index contributed by atoms with van der Waals surface area (Å²) in [4.78, 5) is 21.6. The van der Waals surface area contributed by atoms with Crippen LogP contribution in [0.15, 0.2) is 36.8 Å². The van der Waals surface area contributed by atoms with E-state index in [9.17, 15) is 4.79 Å². The van der Waals surface area contributed by atoms with Crippen LogP contribution in [0.25, 0.3) is 11.1 Å². The zero-order valence-corrected chi connectivity index (χ0v) is 24.2. The van der Waals surface area contributed by atoms with Crippen LogP contribution in [-0.2, 0) is 18.4 Å². The van der Waals surface area contributed by atoms with Crippen molar-refractivity contribution in [2.24, 2.45) is 7.05 Å². The molecule has 2 aromatic heterocycles. The number of hydrogen-bond donors (Lipinski definition) is 1. The Morgan fingerprint density at radius 1 is 1.15 bits per heavy atom. The predicted octanol–water partition coefficient (Wildman–Crippen LogP) is 5.62. The molecule has 5 heterocycles. The van der Waals surface area contributed by atoms with Crippen LogP contribution in [0, 0.1) is 6.92 Å². The largest absolute Gasteiger partial charge is 0.486 e. The number of nitrogens with zero attached hydrogens (tertiary/aromatic N) is 5. The lowest BCUT2D eigenvalue weighted by atomic mass is 9.87. The smallest absolute Gasteiger partial charge is 0.410 e. The fourth-order valence-electron chi connectivity index (χ4n) is 6.30. The highest BCUT2D eigenvalue weighted by atomic mass is 16.6. The van der Waals surface area contributed by atoms with Gasteiger partial charge >= 0.3 is 6.09 Å². The molecule has 212 valence electrons. The number of pyridine rings is 1. The summed E-state index contributed by atoms with van der Waals surface area (Å²) in [7, 11) is 1.93. The number of ether oxygens (including phenoxy) is 2. The van der Waals surface area contributed by atoms with Crippen LogP contribution in [0.2, 0.25) is 0 Å². The van der Waals surface area contributed by atoms with E-state index >= 15 is 0 Å². The van der Waals surface area contributed by atoms with Crippen molar-refractivity contribution >= 4 is 17.6 Å². The van der Waals surface area contributed by atoms with Crippen molar-refractivity contribution in [2.75, 3.05) is 31.5 Å². The molecule has 1 amide bonds. The van der Waals surface area contributed by atoms with Gasteiger partial charge in [-0.3, -0.25) is 9.58 Å². The maximum atomic E-state index is 12.5. The number of aryl methyl sites for hydroxylation is 2. The Morgan fingerprint density at radius 2 is 1.95 bits per heavy atom. The average molecular weight is 545 g/mol. The first-order chi connectivity index (χ1) is 19.1. The van der Waals surface area contributed by atoms with Crippen molar-refractivity contribution in [2.45, 2.75) is 71.1 Å². The van der Waals surface area contributed by atoms with Gasteiger partial charge in [0, 0.05) is 49.7 Å². The minimum absolute atomic E-state index is 0.191. The Hall–Kier alpha value is -3.59. The van der Waals surface area contributed by atoms with Crippen molar-refractivity contribution in [1.82, 2.24) is 24.6 Å². The minimum Gasteiger partial charge on any atom is -0.486 e. The summed E-state index contributed by atoms with van der Waals surface area (Å²) >= 11 is 0. The number of piperidine rings is 1.